The maximum atomic E-state index is 10.4. The van der Waals surface area contributed by atoms with E-state index in [0.29, 0.717) is 37.2 Å². The molecule has 1 fully saturated rings. The molecule has 0 radical (unpaired) electrons. The molecular weight excluding hydrogens is 302 g/mol. The summed E-state index contributed by atoms with van der Waals surface area (Å²) in [6.07, 6.45) is 3.20. The van der Waals surface area contributed by atoms with Crippen LogP contribution in [0, 0.1) is 0 Å². The molecule has 2 aromatic rings. The average Bonchev–Trinajstić information content (AvgIpc) is 2.57. The van der Waals surface area contributed by atoms with Crippen molar-refractivity contribution in [3.05, 3.63) is 53.3 Å². The number of halogens is 1. The van der Waals surface area contributed by atoms with Gasteiger partial charge in [-0.1, -0.05) is 41.9 Å². The number of aliphatic hydroxyl groups is 1. The molecule has 0 aliphatic carbocycles. The van der Waals surface area contributed by atoms with Gasteiger partial charge < -0.3 is 14.7 Å². The Morgan fingerprint density at radius 1 is 1.27 bits per heavy atom. The van der Waals surface area contributed by atoms with Gasteiger partial charge in [-0.25, -0.2) is 9.97 Å². The van der Waals surface area contributed by atoms with Gasteiger partial charge in [0.05, 0.1) is 42.8 Å². The number of aliphatic hydroxyl groups excluding tert-OH is 1. The van der Waals surface area contributed by atoms with Crippen LogP contribution in [0.2, 0.25) is 5.02 Å². The lowest BCUT2D eigenvalue weighted by molar-refractivity contribution is 0.0672. The van der Waals surface area contributed by atoms with Gasteiger partial charge in [0.1, 0.15) is 0 Å². The van der Waals surface area contributed by atoms with E-state index in [9.17, 15) is 5.11 Å². The Morgan fingerprint density at radius 3 is 2.73 bits per heavy atom. The summed E-state index contributed by atoms with van der Waals surface area (Å²) in [5.74, 6) is 0.623. The number of anilines is 1. The van der Waals surface area contributed by atoms with Gasteiger partial charge in [-0.3, -0.25) is 0 Å². The zero-order chi connectivity index (χ0) is 15.4. The number of benzene rings is 1. The van der Waals surface area contributed by atoms with Crippen LogP contribution in [0.5, 0.6) is 0 Å². The highest BCUT2D eigenvalue weighted by atomic mass is 35.5. The van der Waals surface area contributed by atoms with E-state index in [1.54, 1.807) is 12.4 Å². The van der Waals surface area contributed by atoms with Crippen LogP contribution in [-0.4, -0.2) is 40.9 Å². The quantitative estimate of drug-likeness (QED) is 0.938. The standard InChI is InChI=1S/C16H18ClN3O2/c17-13-9-18-16(19-10-13)20-6-7-22-11-14(20)8-15(21)12-4-2-1-3-5-12/h1-5,9-10,14-15,21H,6-8,11H2. The molecule has 1 saturated heterocycles. The van der Waals surface area contributed by atoms with Crippen LogP contribution in [0.4, 0.5) is 5.95 Å². The lowest BCUT2D eigenvalue weighted by Crippen LogP contribution is -2.47. The molecule has 2 unspecified atom stereocenters. The minimum absolute atomic E-state index is 0.0325. The molecule has 0 saturated carbocycles. The Kier molecular flexibility index (Phi) is 4.87. The molecule has 3 rings (SSSR count). The van der Waals surface area contributed by atoms with Gasteiger partial charge >= 0.3 is 0 Å². The summed E-state index contributed by atoms with van der Waals surface area (Å²) in [7, 11) is 0. The normalized spacial score (nSPS) is 19.9. The molecule has 0 bridgehead atoms. The van der Waals surface area contributed by atoms with E-state index >= 15 is 0 Å². The third-order valence-corrected chi connectivity index (χ3v) is 3.97. The Labute approximate surface area is 134 Å². The highest BCUT2D eigenvalue weighted by Crippen LogP contribution is 2.25. The Balaban J connectivity index is 1.74. The minimum Gasteiger partial charge on any atom is -0.388 e. The molecule has 1 aliphatic rings. The number of ether oxygens (including phenoxy) is 1. The molecular formula is C16H18ClN3O2. The molecule has 116 valence electrons. The molecule has 2 atom stereocenters. The highest BCUT2D eigenvalue weighted by molar-refractivity contribution is 6.30. The van der Waals surface area contributed by atoms with Crippen molar-refractivity contribution in [3.8, 4) is 0 Å². The number of morpholine rings is 1. The number of aromatic nitrogens is 2. The summed E-state index contributed by atoms with van der Waals surface area (Å²) in [4.78, 5) is 10.6. The van der Waals surface area contributed by atoms with E-state index in [1.807, 2.05) is 30.3 Å². The van der Waals surface area contributed by atoms with Crippen LogP contribution in [0.25, 0.3) is 0 Å². The van der Waals surface area contributed by atoms with Crippen molar-refractivity contribution in [1.29, 1.82) is 0 Å². The van der Waals surface area contributed by atoms with Gasteiger partial charge in [-0.2, -0.15) is 0 Å². The first-order valence-electron chi connectivity index (χ1n) is 7.29. The predicted molar refractivity (Wildman–Crippen MR) is 85.0 cm³/mol. The van der Waals surface area contributed by atoms with Crippen LogP contribution in [0.3, 0.4) is 0 Å². The van der Waals surface area contributed by atoms with Gasteiger partial charge in [-0.15, -0.1) is 0 Å². The van der Waals surface area contributed by atoms with Gasteiger partial charge in [0.2, 0.25) is 5.95 Å². The van der Waals surface area contributed by atoms with E-state index in [4.69, 9.17) is 16.3 Å². The molecule has 6 heteroatoms. The molecule has 1 N–H and O–H groups in total. The zero-order valence-electron chi connectivity index (χ0n) is 12.1. The second kappa shape index (κ2) is 7.05. The van der Waals surface area contributed by atoms with Gasteiger partial charge in [0, 0.05) is 13.0 Å². The fraction of sp³-hybridized carbons (Fsp3) is 0.375. The van der Waals surface area contributed by atoms with Crippen LogP contribution in [0.1, 0.15) is 18.1 Å². The fourth-order valence-corrected chi connectivity index (χ4v) is 2.73. The third-order valence-electron chi connectivity index (χ3n) is 3.77. The Hall–Kier alpha value is -1.69. The second-order valence-corrected chi connectivity index (χ2v) is 5.72. The number of nitrogens with zero attached hydrogens (tertiary/aromatic N) is 3. The molecule has 5 nitrogen and oxygen atoms in total. The highest BCUT2D eigenvalue weighted by Gasteiger charge is 2.27. The van der Waals surface area contributed by atoms with E-state index in [1.165, 1.54) is 0 Å². The van der Waals surface area contributed by atoms with Gasteiger partial charge in [-0.05, 0) is 5.56 Å². The van der Waals surface area contributed by atoms with Crippen LogP contribution in [0.15, 0.2) is 42.7 Å². The van der Waals surface area contributed by atoms with Crippen molar-refractivity contribution >= 4 is 17.5 Å². The van der Waals surface area contributed by atoms with Gasteiger partial charge in [0.15, 0.2) is 0 Å². The summed E-state index contributed by atoms with van der Waals surface area (Å²) in [5.41, 5.74) is 0.907. The summed E-state index contributed by atoms with van der Waals surface area (Å²) in [6, 6.07) is 9.68. The monoisotopic (exact) mass is 319 g/mol. The first kappa shape index (κ1) is 15.2. The predicted octanol–water partition coefficient (Wildman–Crippen LogP) is 2.46. The summed E-state index contributed by atoms with van der Waals surface area (Å²) < 4.78 is 5.56. The van der Waals surface area contributed by atoms with Crippen molar-refractivity contribution in [1.82, 2.24) is 9.97 Å². The molecule has 1 aliphatic heterocycles. The molecule has 22 heavy (non-hydrogen) atoms. The lowest BCUT2D eigenvalue weighted by Gasteiger charge is -2.36. The SMILES string of the molecule is OC(CC1COCCN1c1ncc(Cl)cn1)c1ccccc1. The van der Waals surface area contributed by atoms with E-state index in [2.05, 4.69) is 14.9 Å². The first-order chi connectivity index (χ1) is 10.7. The second-order valence-electron chi connectivity index (χ2n) is 5.29. The topological polar surface area (TPSA) is 58.5 Å². The Morgan fingerprint density at radius 2 is 2.00 bits per heavy atom. The number of rotatable bonds is 4. The number of hydrogen-bond acceptors (Lipinski definition) is 5. The van der Waals surface area contributed by atoms with Crippen LogP contribution in [-0.2, 0) is 4.74 Å². The maximum Gasteiger partial charge on any atom is 0.225 e. The van der Waals surface area contributed by atoms with Crippen molar-refractivity contribution < 1.29 is 9.84 Å². The van der Waals surface area contributed by atoms with Crippen LogP contribution < -0.4 is 4.90 Å². The maximum absolute atomic E-state index is 10.4. The smallest absolute Gasteiger partial charge is 0.225 e. The van der Waals surface area contributed by atoms with Crippen molar-refractivity contribution in [2.45, 2.75) is 18.6 Å². The molecule has 1 aromatic heterocycles. The average molecular weight is 320 g/mol. The van der Waals surface area contributed by atoms with Crippen molar-refractivity contribution in [3.63, 3.8) is 0 Å². The molecule has 2 heterocycles. The van der Waals surface area contributed by atoms with E-state index in [0.717, 1.165) is 5.56 Å². The largest absolute Gasteiger partial charge is 0.388 e. The van der Waals surface area contributed by atoms with E-state index in [-0.39, 0.29) is 6.04 Å². The Bertz CT molecular complexity index is 594. The van der Waals surface area contributed by atoms with E-state index < -0.39 is 6.10 Å². The minimum atomic E-state index is -0.539. The summed E-state index contributed by atoms with van der Waals surface area (Å²) >= 11 is 5.84. The van der Waals surface area contributed by atoms with Crippen LogP contribution >= 0.6 is 11.6 Å². The summed E-state index contributed by atoms with van der Waals surface area (Å²) in [6.45, 7) is 1.88. The molecule has 0 spiro atoms. The third kappa shape index (κ3) is 3.55. The zero-order valence-corrected chi connectivity index (χ0v) is 12.9. The lowest BCUT2D eigenvalue weighted by atomic mass is 10.0. The molecule has 1 aromatic carbocycles. The molecule has 0 amide bonds. The first-order valence-corrected chi connectivity index (χ1v) is 7.67. The fourth-order valence-electron chi connectivity index (χ4n) is 2.64. The van der Waals surface area contributed by atoms with Crippen molar-refractivity contribution in [2.75, 3.05) is 24.7 Å². The number of hydrogen-bond donors (Lipinski definition) is 1. The van der Waals surface area contributed by atoms with Crippen molar-refractivity contribution in [2.24, 2.45) is 0 Å². The summed E-state index contributed by atoms with van der Waals surface area (Å²) in [5, 5.41) is 10.9. The van der Waals surface area contributed by atoms with Gasteiger partial charge in [0.25, 0.3) is 0 Å².